The van der Waals surface area contributed by atoms with E-state index in [0.29, 0.717) is 16.6 Å². The Bertz CT molecular complexity index is 507. The van der Waals surface area contributed by atoms with Crippen LogP contribution in [0.4, 0.5) is 5.13 Å². The molecule has 0 saturated heterocycles. The van der Waals surface area contributed by atoms with Gasteiger partial charge in [-0.15, -0.1) is 0 Å². The van der Waals surface area contributed by atoms with Crippen LogP contribution in [0, 0.1) is 5.92 Å². The number of aryl methyl sites for hydroxylation is 1. The summed E-state index contributed by atoms with van der Waals surface area (Å²) in [5.74, 6) is -0.000264. The minimum Gasteiger partial charge on any atom is -0.351 e. The number of thiazole rings is 1. The van der Waals surface area contributed by atoms with E-state index in [2.05, 4.69) is 29.5 Å². The maximum absolute atomic E-state index is 12.3. The van der Waals surface area contributed by atoms with Crippen LogP contribution < -0.4 is 10.6 Å². The van der Waals surface area contributed by atoms with Crippen LogP contribution in [0.1, 0.15) is 61.3 Å². The molecule has 0 saturated carbocycles. The number of hydrogen-bond donors (Lipinski definition) is 2. The number of fused-ring (bicyclic) bond motifs is 1. The molecular formula is C15H23N3O2S. The Balaban J connectivity index is 2.07. The zero-order valence-electron chi connectivity index (χ0n) is 12.7. The highest BCUT2D eigenvalue weighted by atomic mass is 32.1. The van der Waals surface area contributed by atoms with E-state index in [4.69, 9.17) is 0 Å². The van der Waals surface area contributed by atoms with Crippen LogP contribution in [-0.4, -0.2) is 23.3 Å². The summed E-state index contributed by atoms with van der Waals surface area (Å²) in [6.07, 6.45) is 5.46. The first-order valence-electron chi connectivity index (χ1n) is 7.74. The first kappa shape index (κ1) is 15.9. The van der Waals surface area contributed by atoms with Gasteiger partial charge in [0, 0.05) is 12.5 Å². The van der Waals surface area contributed by atoms with Crippen molar-refractivity contribution in [3.05, 3.63) is 10.6 Å². The van der Waals surface area contributed by atoms with Gasteiger partial charge in [-0.25, -0.2) is 4.98 Å². The van der Waals surface area contributed by atoms with E-state index in [1.807, 2.05) is 0 Å². The Labute approximate surface area is 129 Å². The standard InChI is InChI=1S/C15H23N3O2S/c1-3-6-10(7-4-2)13(19)18-15-17-11-8-5-9-16-14(20)12(11)21-15/h10H,3-9H2,1-2H3,(H,16,20)(H,17,18,19). The van der Waals surface area contributed by atoms with Gasteiger partial charge in [0.1, 0.15) is 4.88 Å². The summed E-state index contributed by atoms with van der Waals surface area (Å²) < 4.78 is 0. The van der Waals surface area contributed by atoms with Crippen molar-refractivity contribution in [3.63, 3.8) is 0 Å². The third-order valence-corrected chi connectivity index (χ3v) is 4.67. The fourth-order valence-electron chi connectivity index (χ4n) is 2.60. The molecule has 0 aliphatic carbocycles. The van der Waals surface area contributed by atoms with Gasteiger partial charge < -0.3 is 10.6 Å². The molecule has 0 atom stereocenters. The molecule has 2 N–H and O–H groups in total. The van der Waals surface area contributed by atoms with E-state index in [9.17, 15) is 9.59 Å². The highest BCUT2D eigenvalue weighted by molar-refractivity contribution is 7.17. The van der Waals surface area contributed by atoms with Crippen molar-refractivity contribution >= 4 is 28.3 Å². The van der Waals surface area contributed by atoms with Crippen molar-refractivity contribution in [2.45, 2.75) is 52.4 Å². The Morgan fingerprint density at radius 1 is 1.38 bits per heavy atom. The van der Waals surface area contributed by atoms with Crippen LogP contribution in [0.5, 0.6) is 0 Å². The number of carbonyl (C=O) groups excluding carboxylic acids is 2. The highest BCUT2D eigenvalue weighted by Gasteiger charge is 2.23. The lowest BCUT2D eigenvalue weighted by atomic mass is 9.97. The summed E-state index contributed by atoms with van der Waals surface area (Å²) in [5.41, 5.74) is 0.813. The summed E-state index contributed by atoms with van der Waals surface area (Å²) in [5, 5.41) is 6.30. The van der Waals surface area contributed by atoms with Gasteiger partial charge in [-0.3, -0.25) is 9.59 Å². The highest BCUT2D eigenvalue weighted by Crippen LogP contribution is 2.26. The molecular weight excluding hydrogens is 286 g/mol. The molecule has 5 nitrogen and oxygen atoms in total. The molecule has 116 valence electrons. The van der Waals surface area contributed by atoms with E-state index in [-0.39, 0.29) is 17.7 Å². The number of nitrogens with one attached hydrogen (secondary N) is 2. The van der Waals surface area contributed by atoms with Crippen molar-refractivity contribution in [1.29, 1.82) is 0 Å². The van der Waals surface area contributed by atoms with Crippen LogP contribution in [0.2, 0.25) is 0 Å². The number of amides is 2. The third-order valence-electron chi connectivity index (χ3n) is 3.65. The van der Waals surface area contributed by atoms with Crippen molar-refractivity contribution in [2.24, 2.45) is 5.92 Å². The van der Waals surface area contributed by atoms with Crippen molar-refractivity contribution in [2.75, 3.05) is 11.9 Å². The fourth-order valence-corrected chi connectivity index (χ4v) is 3.53. The van der Waals surface area contributed by atoms with Crippen LogP contribution >= 0.6 is 11.3 Å². The maximum Gasteiger partial charge on any atom is 0.263 e. The minimum atomic E-state index is -0.0702. The zero-order chi connectivity index (χ0) is 15.2. The summed E-state index contributed by atoms with van der Waals surface area (Å²) in [6, 6.07) is 0. The molecule has 1 aliphatic heterocycles. The molecule has 2 rings (SSSR count). The number of aromatic nitrogens is 1. The van der Waals surface area contributed by atoms with Crippen molar-refractivity contribution in [1.82, 2.24) is 10.3 Å². The Morgan fingerprint density at radius 3 is 2.76 bits per heavy atom. The SMILES string of the molecule is CCCC(CCC)C(=O)Nc1nc2c(s1)C(=O)NCCC2. The molecule has 1 aromatic heterocycles. The Kier molecular flexibility index (Phi) is 5.73. The molecule has 21 heavy (non-hydrogen) atoms. The average Bonchev–Trinajstić information content (AvgIpc) is 2.78. The number of nitrogens with zero attached hydrogens (tertiary/aromatic N) is 1. The number of anilines is 1. The molecule has 0 aromatic carbocycles. The zero-order valence-corrected chi connectivity index (χ0v) is 13.5. The topological polar surface area (TPSA) is 71.1 Å². The van der Waals surface area contributed by atoms with E-state index >= 15 is 0 Å². The van der Waals surface area contributed by atoms with Gasteiger partial charge in [0.2, 0.25) is 5.91 Å². The fraction of sp³-hybridized carbons (Fsp3) is 0.667. The minimum absolute atomic E-state index is 0.0306. The predicted octanol–water partition coefficient (Wildman–Crippen LogP) is 2.97. The predicted molar refractivity (Wildman–Crippen MR) is 84.7 cm³/mol. The molecule has 6 heteroatoms. The van der Waals surface area contributed by atoms with E-state index in [1.165, 1.54) is 11.3 Å². The molecule has 1 aromatic rings. The molecule has 2 heterocycles. The van der Waals surface area contributed by atoms with E-state index < -0.39 is 0 Å². The van der Waals surface area contributed by atoms with Gasteiger partial charge in [-0.1, -0.05) is 38.0 Å². The molecule has 0 radical (unpaired) electrons. The van der Waals surface area contributed by atoms with Crippen molar-refractivity contribution in [3.8, 4) is 0 Å². The van der Waals surface area contributed by atoms with Crippen LogP contribution in [0.25, 0.3) is 0 Å². The second-order valence-corrected chi connectivity index (χ2v) is 6.42. The molecule has 0 unspecified atom stereocenters. The lowest BCUT2D eigenvalue weighted by molar-refractivity contribution is -0.120. The third kappa shape index (κ3) is 4.03. The molecule has 2 amide bonds. The summed E-state index contributed by atoms with van der Waals surface area (Å²) in [7, 11) is 0. The van der Waals surface area contributed by atoms with Crippen molar-refractivity contribution < 1.29 is 9.59 Å². The summed E-state index contributed by atoms with van der Waals surface area (Å²) >= 11 is 1.28. The first-order chi connectivity index (χ1) is 10.2. The number of carbonyl (C=O) groups is 2. The van der Waals surface area contributed by atoms with Gasteiger partial charge in [0.15, 0.2) is 5.13 Å². The van der Waals surface area contributed by atoms with E-state index in [0.717, 1.165) is 44.2 Å². The van der Waals surface area contributed by atoms with Gasteiger partial charge in [0.05, 0.1) is 5.69 Å². The average molecular weight is 309 g/mol. The second kappa shape index (κ2) is 7.54. The second-order valence-electron chi connectivity index (χ2n) is 5.42. The molecule has 0 fully saturated rings. The molecule has 0 bridgehead atoms. The van der Waals surface area contributed by atoms with Gasteiger partial charge in [-0.2, -0.15) is 0 Å². The molecule has 1 aliphatic rings. The van der Waals surface area contributed by atoms with Gasteiger partial charge in [0.25, 0.3) is 5.91 Å². The largest absolute Gasteiger partial charge is 0.351 e. The van der Waals surface area contributed by atoms with E-state index in [1.54, 1.807) is 0 Å². The Hall–Kier alpha value is -1.43. The lowest BCUT2D eigenvalue weighted by Gasteiger charge is -2.13. The van der Waals surface area contributed by atoms with Gasteiger partial charge >= 0.3 is 0 Å². The summed E-state index contributed by atoms with van der Waals surface area (Å²) in [6.45, 7) is 4.87. The smallest absolute Gasteiger partial charge is 0.263 e. The number of rotatable bonds is 6. The van der Waals surface area contributed by atoms with Crippen LogP contribution in [-0.2, 0) is 11.2 Å². The quantitative estimate of drug-likeness (QED) is 0.848. The Morgan fingerprint density at radius 2 is 2.10 bits per heavy atom. The lowest BCUT2D eigenvalue weighted by Crippen LogP contribution is -2.23. The van der Waals surface area contributed by atoms with Crippen LogP contribution in [0.3, 0.4) is 0 Å². The van der Waals surface area contributed by atoms with Gasteiger partial charge in [-0.05, 0) is 25.7 Å². The summed E-state index contributed by atoms with van der Waals surface area (Å²) in [4.78, 5) is 29.3. The maximum atomic E-state index is 12.3. The van der Waals surface area contributed by atoms with Crippen LogP contribution in [0.15, 0.2) is 0 Å². The number of hydrogen-bond acceptors (Lipinski definition) is 4. The normalized spacial score (nSPS) is 14.5. The first-order valence-corrected chi connectivity index (χ1v) is 8.56. The molecule has 0 spiro atoms. The monoisotopic (exact) mass is 309 g/mol.